The highest BCUT2D eigenvalue weighted by molar-refractivity contribution is 7.15. The van der Waals surface area contributed by atoms with E-state index >= 15 is 0 Å². The summed E-state index contributed by atoms with van der Waals surface area (Å²) in [6, 6.07) is 4.77. The average Bonchev–Trinajstić information content (AvgIpc) is 3.04. The SMILES string of the molecule is CCOC(=O)c1c(CC(C)C)csc1NC(=O)COC(=O)Cc1ccc(Cl)cc1Cl. The summed E-state index contributed by atoms with van der Waals surface area (Å²) >= 11 is 13.1. The lowest BCUT2D eigenvalue weighted by molar-refractivity contribution is -0.146. The van der Waals surface area contributed by atoms with Crippen LogP contribution in [0.3, 0.4) is 0 Å². The fourth-order valence-electron chi connectivity index (χ4n) is 2.68. The number of anilines is 1. The Morgan fingerprint density at radius 1 is 1.13 bits per heavy atom. The molecule has 0 unspecified atom stereocenters. The normalized spacial score (nSPS) is 10.7. The second-order valence-corrected chi connectivity index (χ2v) is 8.63. The molecule has 0 bridgehead atoms. The van der Waals surface area contributed by atoms with E-state index in [4.69, 9.17) is 32.7 Å². The minimum Gasteiger partial charge on any atom is -0.462 e. The van der Waals surface area contributed by atoms with Crippen molar-refractivity contribution in [3.63, 3.8) is 0 Å². The maximum absolute atomic E-state index is 12.4. The molecule has 1 N–H and O–H groups in total. The summed E-state index contributed by atoms with van der Waals surface area (Å²) in [5.41, 5.74) is 1.72. The molecule has 0 saturated carbocycles. The first-order chi connectivity index (χ1) is 14.2. The lowest BCUT2D eigenvalue weighted by Gasteiger charge is -2.10. The lowest BCUT2D eigenvalue weighted by Crippen LogP contribution is -2.22. The highest BCUT2D eigenvalue weighted by atomic mass is 35.5. The van der Waals surface area contributed by atoms with Crippen LogP contribution in [0.2, 0.25) is 10.0 Å². The first-order valence-corrected chi connectivity index (χ1v) is 11.0. The quantitative estimate of drug-likeness (QED) is 0.511. The number of thiophene rings is 1. The van der Waals surface area contributed by atoms with Crippen molar-refractivity contribution >= 4 is 57.4 Å². The van der Waals surface area contributed by atoms with Crippen molar-refractivity contribution in [1.29, 1.82) is 0 Å². The largest absolute Gasteiger partial charge is 0.462 e. The van der Waals surface area contributed by atoms with E-state index in [9.17, 15) is 14.4 Å². The Hall–Kier alpha value is -2.09. The molecular formula is C21H23Cl2NO5S. The molecule has 1 heterocycles. The van der Waals surface area contributed by atoms with Gasteiger partial charge >= 0.3 is 11.9 Å². The molecule has 0 fully saturated rings. The zero-order valence-electron chi connectivity index (χ0n) is 16.9. The van der Waals surface area contributed by atoms with Gasteiger partial charge in [-0.15, -0.1) is 11.3 Å². The fourth-order valence-corrected chi connectivity index (χ4v) is 4.14. The van der Waals surface area contributed by atoms with Crippen LogP contribution >= 0.6 is 34.5 Å². The standard InChI is InChI=1S/C21H23Cl2NO5S/c1-4-28-21(27)19-14(7-12(2)3)11-30-20(19)24-17(25)10-29-18(26)8-13-5-6-15(22)9-16(13)23/h5-6,9,11-12H,4,7-8,10H2,1-3H3,(H,24,25). The van der Waals surface area contributed by atoms with Crippen LogP contribution in [0.1, 0.15) is 42.3 Å². The molecule has 0 spiro atoms. The third-order valence-electron chi connectivity index (χ3n) is 3.94. The number of hydrogen-bond donors (Lipinski definition) is 1. The van der Waals surface area contributed by atoms with E-state index in [-0.39, 0.29) is 13.0 Å². The fraction of sp³-hybridized carbons (Fsp3) is 0.381. The molecule has 30 heavy (non-hydrogen) atoms. The average molecular weight is 472 g/mol. The van der Waals surface area contributed by atoms with Gasteiger partial charge in [0.15, 0.2) is 6.61 Å². The Morgan fingerprint density at radius 3 is 2.50 bits per heavy atom. The summed E-state index contributed by atoms with van der Waals surface area (Å²) in [5, 5.41) is 5.66. The van der Waals surface area contributed by atoms with E-state index in [0.29, 0.717) is 38.5 Å². The number of carbonyl (C=O) groups is 3. The molecule has 2 rings (SSSR count). The molecule has 0 atom stereocenters. The Bertz CT molecular complexity index is 926. The van der Waals surface area contributed by atoms with Gasteiger partial charge in [-0.1, -0.05) is 43.1 Å². The number of carbonyl (C=O) groups excluding carboxylic acids is 3. The van der Waals surface area contributed by atoms with E-state index in [1.807, 2.05) is 19.2 Å². The number of esters is 2. The van der Waals surface area contributed by atoms with Crippen molar-refractivity contribution in [3.05, 3.63) is 50.3 Å². The molecule has 0 saturated heterocycles. The number of nitrogens with one attached hydrogen (secondary N) is 1. The van der Waals surface area contributed by atoms with Crippen LogP contribution in [0.15, 0.2) is 23.6 Å². The van der Waals surface area contributed by atoms with Gasteiger partial charge in [0, 0.05) is 10.0 Å². The van der Waals surface area contributed by atoms with E-state index in [1.54, 1.807) is 19.1 Å². The van der Waals surface area contributed by atoms with Crippen LogP contribution in [0, 0.1) is 5.92 Å². The van der Waals surface area contributed by atoms with Crippen LogP contribution in [0.4, 0.5) is 5.00 Å². The lowest BCUT2D eigenvalue weighted by atomic mass is 10.0. The number of benzene rings is 1. The van der Waals surface area contributed by atoms with Crippen LogP contribution in [0.5, 0.6) is 0 Å². The third kappa shape index (κ3) is 7.00. The first-order valence-electron chi connectivity index (χ1n) is 9.38. The number of hydrogen-bond acceptors (Lipinski definition) is 6. The topological polar surface area (TPSA) is 81.7 Å². The molecule has 1 aromatic carbocycles. The summed E-state index contributed by atoms with van der Waals surface area (Å²) in [5.74, 6) is -1.31. The molecule has 0 aliphatic carbocycles. The molecule has 2 aromatic rings. The predicted octanol–water partition coefficient (Wildman–Crippen LogP) is 5.15. The molecule has 6 nitrogen and oxygen atoms in total. The molecule has 0 aliphatic heterocycles. The van der Waals surface area contributed by atoms with Crippen LogP contribution in [-0.4, -0.2) is 31.1 Å². The monoisotopic (exact) mass is 471 g/mol. The van der Waals surface area contributed by atoms with E-state index in [1.165, 1.54) is 17.4 Å². The van der Waals surface area contributed by atoms with Gasteiger partial charge in [0.2, 0.25) is 0 Å². The van der Waals surface area contributed by atoms with E-state index in [2.05, 4.69) is 5.32 Å². The van der Waals surface area contributed by atoms with Crippen LogP contribution in [0.25, 0.3) is 0 Å². The minimum absolute atomic E-state index is 0.0884. The summed E-state index contributed by atoms with van der Waals surface area (Å²) in [6.07, 6.45) is 0.590. The molecule has 9 heteroatoms. The zero-order valence-corrected chi connectivity index (χ0v) is 19.2. The smallest absolute Gasteiger partial charge is 0.341 e. The van der Waals surface area contributed by atoms with Gasteiger partial charge in [0.05, 0.1) is 18.6 Å². The van der Waals surface area contributed by atoms with Crippen molar-refractivity contribution in [2.75, 3.05) is 18.5 Å². The number of rotatable bonds is 9. The van der Waals surface area contributed by atoms with Gasteiger partial charge in [-0.25, -0.2) is 4.79 Å². The molecule has 0 radical (unpaired) electrons. The predicted molar refractivity (Wildman–Crippen MR) is 119 cm³/mol. The highest BCUT2D eigenvalue weighted by Crippen LogP contribution is 2.31. The van der Waals surface area contributed by atoms with Gasteiger partial charge in [-0.05, 0) is 47.9 Å². The van der Waals surface area contributed by atoms with Crippen molar-refractivity contribution in [2.24, 2.45) is 5.92 Å². The molecule has 1 aromatic heterocycles. The second kappa shape index (κ2) is 11.3. The summed E-state index contributed by atoms with van der Waals surface area (Å²) in [7, 11) is 0. The molecule has 1 amide bonds. The van der Waals surface area contributed by atoms with Crippen molar-refractivity contribution in [2.45, 2.75) is 33.6 Å². The Labute approximate surface area is 189 Å². The van der Waals surface area contributed by atoms with Crippen LogP contribution in [-0.2, 0) is 31.9 Å². The molecular weight excluding hydrogens is 449 g/mol. The van der Waals surface area contributed by atoms with Crippen molar-refractivity contribution in [3.8, 4) is 0 Å². The second-order valence-electron chi connectivity index (χ2n) is 6.90. The summed E-state index contributed by atoms with van der Waals surface area (Å²) in [4.78, 5) is 36.7. The van der Waals surface area contributed by atoms with E-state index < -0.39 is 24.5 Å². The van der Waals surface area contributed by atoms with Gasteiger partial charge in [-0.3, -0.25) is 9.59 Å². The van der Waals surface area contributed by atoms with E-state index in [0.717, 1.165) is 5.56 Å². The number of amides is 1. The first kappa shape index (κ1) is 24.2. The van der Waals surface area contributed by atoms with Crippen LogP contribution < -0.4 is 5.32 Å². The van der Waals surface area contributed by atoms with Gasteiger partial charge < -0.3 is 14.8 Å². The maximum atomic E-state index is 12.4. The zero-order chi connectivity index (χ0) is 22.3. The maximum Gasteiger partial charge on any atom is 0.341 e. The van der Waals surface area contributed by atoms with Gasteiger partial charge in [0.25, 0.3) is 5.91 Å². The molecule has 0 aliphatic rings. The minimum atomic E-state index is -0.605. The van der Waals surface area contributed by atoms with Gasteiger partial charge in [0.1, 0.15) is 5.00 Å². The summed E-state index contributed by atoms with van der Waals surface area (Å²) in [6.45, 7) is 5.54. The Balaban J connectivity index is 1.99. The van der Waals surface area contributed by atoms with Gasteiger partial charge in [-0.2, -0.15) is 0 Å². The molecule has 162 valence electrons. The Morgan fingerprint density at radius 2 is 1.87 bits per heavy atom. The number of halogens is 2. The third-order valence-corrected chi connectivity index (χ3v) is 5.47. The van der Waals surface area contributed by atoms with Crippen molar-refractivity contribution in [1.82, 2.24) is 0 Å². The Kier molecular flexibility index (Phi) is 9.14. The number of ether oxygens (including phenoxy) is 2. The van der Waals surface area contributed by atoms with Crippen molar-refractivity contribution < 1.29 is 23.9 Å². The highest BCUT2D eigenvalue weighted by Gasteiger charge is 2.22. The summed E-state index contributed by atoms with van der Waals surface area (Å²) < 4.78 is 10.2.